The molecule has 10 heteroatoms. The predicted molar refractivity (Wildman–Crippen MR) is 100 cm³/mol. The van der Waals surface area contributed by atoms with E-state index in [0.29, 0.717) is 12.8 Å². The zero-order chi connectivity index (χ0) is 19.2. The van der Waals surface area contributed by atoms with Crippen LogP contribution in [0.4, 0.5) is 5.95 Å². The molecule has 5 atom stereocenters. The third kappa shape index (κ3) is 3.18. The summed E-state index contributed by atoms with van der Waals surface area (Å²) in [4.78, 5) is 33.1. The Kier molecular flexibility index (Phi) is 5.20. The highest BCUT2D eigenvalue weighted by atomic mass is 32.1. The highest BCUT2D eigenvalue weighted by Gasteiger charge is 2.44. The number of hydrogen-bond donors (Lipinski definition) is 3. The minimum Gasteiger partial charge on any atom is -0.390 e. The van der Waals surface area contributed by atoms with Gasteiger partial charge in [-0.25, -0.2) is 0 Å². The van der Waals surface area contributed by atoms with Crippen LogP contribution in [-0.4, -0.2) is 56.9 Å². The van der Waals surface area contributed by atoms with Gasteiger partial charge in [-0.15, -0.1) is 0 Å². The highest BCUT2D eigenvalue weighted by molar-refractivity contribution is 7.16. The molecule has 9 nitrogen and oxygen atoms in total. The van der Waals surface area contributed by atoms with Crippen LogP contribution in [0.3, 0.4) is 0 Å². The average Bonchev–Trinajstić information content (AvgIpc) is 3.14. The number of aliphatic hydroxyl groups excluding tert-OH is 1. The van der Waals surface area contributed by atoms with Crippen molar-refractivity contribution in [3.05, 3.63) is 20.0 Å². The SMILES string of the molecule is CC[C@H](O)[C@@H]1C[C@@H]([C@@H](C)N(C)C)[C@H](n2c(=O)sc3c(=O)[nH]c(N)nc32)O1. The molecule has 0 amide bonds. The largest absolute Gasteiger partial charge is 0.390 e. The Bertz CT molecular complexity index is 904. The molecule has 1 aliphatic heterocycles. The lowest BCUT2D eigenvalue weighted by Gasteiger charge is -2.29. The lowest BCUT2D eigenvalue weighted by molar-refractivity contribution is -0.0693. The van der Waals surface area contributed by atoms with Crippen LogP contribution < -0.4 is 16.2 Å². The van der Waals surface area contributed by atoms with E-state index in [9.17, 15) is 14.7 Å². The number of nitrogen functional groups attached to an aromatic ring is 1. The van der Waals surface area contributed by atoms with E-state index in [0.717, 1.165) is 11.3 Å². The van der Waals surface area contributed by atoms with Crippen molar-refractivity contribution in [2.75, 3.05) is 19.8 Å². The second-order valence-electron chi connectivity index (χ2n) is 6.99. The number of nitrogens with zero attached hydrogens (tertiary/aromatic N) is 3. The zero-order valence-corrected chi connectivity index (χ0v) is 16.1. The van der Waals surface area contributed by atoms with Gasteiger partial charge in [-0.1, -0.05) is 18.3 Å². The van der Waals surface area contributed by atoms with Gasteiger partial charge in [0.1, 0.15) is 10.9 Å². The molecule has 0 aliphatic carbocycles. The number of nitrogens with two attached hydrogens (primary N) is 1. The van der Waals surface area contributed by atoms with Crippen molar-refractivity contribution in [2.45, 2.75) is 51.2 Å². The van der Waals surface area contributed by atoms with E-state index in [1.165, 1.54) is 4.57 Å². The van der Waals surface area contributed by atoms with Crippen LogP contribution in [0.1, 0.15) is 32.9 Å². The number of H-pyrrole nitrogens is 1. The lowest BCUT2D eigenvalue weighted by atomic mass is 9.92. The Morgan fingerprint density at radius 2 is 2.19 bits per heavy atom. The van der Waals surface area contributed by atoms with Crippen molar-refractivity contribution in [3.8, 4) is 0 Å². The third-order valence-electron chi connectivity index (χ3n) is 5.21. The van der Waals surface area contributed by atoms with Crippen molar-refractivity contribution >= 4 is 27.6 Å². The summed E-state index contributed by atoms with van der Waals surface area (Å²) in [6.07, 6.45) is -0.433. The van der Waals surface area contributed by atoms with E-state index in [1.54, 1.807) is 0 Å². The molecule has 3 rings (SSSR count). The molecule has 144 valence electrons. The maximum Gasteiger partial charge on any atom is 0.311 e. The van der Waals surface area contributed by atoms with Crippen LogP contribution in [0.2, 0.25) is 0 Å². The van der Waals surface area contributed by atoms with Crippen LogP contribution >= 0.6 is 11.3 Å². The fourth-order valence-electron chi connectivity index (χ4n) is 3.47. The maximum absolute atomic E-state index is 12.7. The van der Waals surface area contributed by atoms with Gasteiger partial charge in [-0.05, 0) is 33.9 Å². The van der Waals surface area contributed by atoms with Crippen LogP contribution in [0.25, 0.3) is 10.3 Å². The molecule has 3 heterocycles. The molecule has 1 fully saturated rings. The molecule has 26 heavy (non-hydrogen) atoms. The van der Waals surface area contributed by atoms with Gasteiger partial charge in [0, 0.05) is 12.0 Å². The molecule has 0 radical (unpaired) electrons. The summed E-state index contributed by atoms with van der Waals surface area (Å²) in [6, 6.07) is 0.0928. The molecule has 2 aromatic heterocycles. The number of aromatic nitrogens is 3. The first kappa shape index (κ1) is 19.0. The van der Waals surface area contributed by atoms with Crippen LogP contribution in [0, 0.1) is 5.92 Å². The molecule has 1 aliphatic rings. The van der Waals surface area contributed by atoms with Gasteiger partial charge in [0.05, 0.1) is 12.2 Å². The Morgan fingerprint density at radius 1 is 1.50 bits per heavy atom. The minimum atomic E-state index is -0.617. The van der Waals surface area contributed by atoms with Crippen LogP contribution in [0.15, 0.2) is 9.59 Å². The van der Waals surface area contributed by atoms with Gasteiger partial charge < -0.3 is 20.5 Å². The topological polar surface area (TPSA) is 126 Å². The smallest absolute Gasteiger partial charge is 0.311 e. The molecular formula is C16H25N5O4S. The predicted octanol–water partition coefficient (Wildman–Crippen LogP) is 0.353. The molecule has 0 unspecified atom stereocenters. The lowest BCUT2D eigenvalue weighted by Crippen LogP contribution is -2.37. The average molecular weight is 383 g/mol. The Labute approximate surface area is 154 Å². The van der Waals surface area contributed by atoms with Gasteiger partial charge in [0.25, 0.3) is 5.56 Å². The Hall–Kier alpha value is -1.75. The second-order valence-corrected chi connectivity index (χ2v) is 7.95. The van der Waals surface area contributed by atoms with Gasteiger partial charge in [0.2, 0.25) is 5.95 Å². The number of thiazole rings is 1. The zero-order valence-electron chi connectivity index (χ0n) is 15.3. The standard InChI is InChI=1S/C16H25N5O4S/c1-5-9(22)10-6-8(7(2)20(3)4)14(25-10)21-12-11(26-16(21)24)13(23)19-15(17)18-12/h7-10,14,22H,5-6H2,1-4H3,(H3,17,18,19,23)/t7-,8+,9+,10+,14-/m1/s1. The third-order valence-corrected chi connectivity index (χ3v) is 6.16. The van der Waals surface area contributed by atoms with Crippen molar-refractivity contribution in [1.82, 2.24) is 19.4 Å². The first-order valence-corrected chi connectivity index (χ1v) is 9.47. The van der Waals surface area contributed by atoms with Gasteiger partial charge in [-0.3, -0.25) is 19.1 Å². The number of anilines is 1. The van der Waals surface area contributed by atoms with Gasteiger partial charge in [-0.2, -0.15) is 4.98 Å². The first-order valence-electron chi connectivity index (χ1n) is 8.65. The summed E-state index contributed by atoms with van der Waals surface area (Å²) in [6.45, 7) is 3.94. The van der Waals surface area contributed by atoms with Crippen LogP contribution in [0.5, 0.6) is 0 Å². The summed E-state index contributed by atoms with van der Waals surface area (Å²) >= 11 is 0.828. The van der Waals surface area contributed by atoms with E-state index in [2.05, 4.69) is 21.8 Å². The van der Waals surface area contributed by atoms with Crippen LogP contribution in [-0.2, 0) is 4.74 Å². The maximum atomic E-state index is 12.7. The summed E-state index contributed by atoms with van der Waals surface area (Å²) in [5.41, 5.74) is 5.47. The fraction of sp³-hybridized carbons (Fsp3) is 0.688. The van der Waals surface area contributed by atoms with E-state index in [4.69, 9.17) is 10.5 Å². The van der Waals surface area contributed by atoms with Crippen molar-refractivity contribution in [3.63, 3.8) is 0 Å². The van der Waals surface area contributed by atoms with Crippen molar-refractivity contribution < 1.29 is 9.84 Å². The number of ether oxygens (including phenoxy) is 1. The van der Waals surface area contributed by atoms with Gasteiger partial charge >= 0.3 is 4.87 Å². The number of fused-ring (bicyclic) bond motifs is 1. The van der Waals surface area contributed by atoms with E-state index >= 15 is 0 Å². The Balaban J connectivity index is 2.13. The number of nitrogens with one attached hydrogen (secondary N) is 1. The second kappa shape index (κ2) is 7.10. The normalized spacial score (nSPS) is 25.8. The molecule has 0 aromatic carbocycles. The number of rotatable bonds is 5. The van der Waals surface area contributed by atoms with E-state index < -0.39 is 17.9 Å². The summed E-state index contributed by atoms with van der Waals surface area (Å²) < 4.78 is 7.75. The van der Waals surface area contributed by atoms with Gasteiger partial charge in [0.15, 0.2) is 5.65 Å². The Morgan fingerprint density at radius 3 is 2.81 bits per heavy atom. The molecular weight excluding hydrogens is 358 g/mol. The number of aromatic amines is 1. The molecule has 4 N–H and O–H groups in total. The van der Waals surface area contributed by atoms with Crippen molar-refractivity contribution in [2.24, 2.45) is 5.92 Å². The van der Waals surface area contributed by atoms with E-state index in [1.807, 2.05) is 21.0 Å². The fourth-order valence-corrected chi connectivity index (χ4v) is 4.31. The molecule has 0 spiro atoms. The number of aliphatic hydroxyl groups is 1. The summed E-state index contributed by atoms with van der Waals surface area (Å²) in [5, 5.41) is 10.3. The molecule has 0 saturated carbocycles. The number of hydrogen-bond acceptors (Lipinski definition) is 8. The monoisotopic (exact) mass is 383 g/mol. The molecule has 0 bridgehead atoms. The first-order chi connectivity index (χ1) is 12.2. The highest BCUT2D eigenvalue weighted by Crippen LogP contribution is 2.40. The summed E-state index contributed by atoms with van der Waals surface area (Å²) in [5.74, 6) is -0.0941. The minimum absolute atomic E-state index is 0.0469. The summed E-state index contributed by atoms with van der Waals surface area (Å²) in [7, 11) is 3.92. The molecule has 1 saturated heterocycles. The van der Waals surface area contributed by atoms with Crippen molar-refractivity contribution in [1.29, 1.82) is 0 Å². The van der Waals surface area contributed by atoms with E-state index in [-0.39, 0.29) is 39.2 Å². The molecule has 2 aromatic rings. The quantitative estimate of drug-likeness (QED) is 0.680.